The van der Waals surface area contributed by atoms with Crippen LogP contribution in [0.5, 0.6) is 5.75 Å². The van der Waals surface area contributed by atoms with Crippen LogP contribution in [0.15, 0.2) is 231 Å². The summed E-state index contributed by atoms with van der Waals surface area (Å²) in [6, 6.07) is 82.3. The highest BCUT2D eigenvalue weighted by Gasteiger charge is 2.18. The zero-order valence-electron chi connectivity index (χ0n) is 33.7. The summed E-state index contributed by atoms with van der Waals surface area (Å²) in [6.07, 6.45) is 5.48. The fourth-order valence-electron chi connectivity index (χ4n) is 7.98. The number of anilines is 3. The molecule has 0 radical (unpaired) electrons. The van der Waals surface area contributed by atoms with E-state index in [4.69, 9.17) is 4.74 Å². The minimum Gasteiger partial charge on any atom is -0.497 e. The Morgan fingerprint density at radius 2 is 0.867 bits per heavy atom. The van der Waals surface area contributed by atoms with Gasteiger partial charge in [-0.3, -0.25) is 0 Å². The van der Waals surface area contributed by atoms with Gasteiger partial charge in [0.1, 0.15) is 5.75 Å². The molecule has 9 aromatic rings. The van der Waals surface area contributed by atoms with E-state index in [1.807, 2.05) is 12.1 Å². The maximum absolute atomic E-state index is 5.63. The van der Waals surface area contributed by atoms with E-state index in [2.05, 4.69) is 235 Å². The SMILES string of the molecule is COc1ccc(N(c2ccc(C=C(c3ccccc3)c3ccccc3)cc2)c2cc(C=C(c3ccccc3)c3ccccc3)cc3cc(Cc4ccccc4)ccc23)cc1. The number of nitrogens with zero attached hydrogens (tertiary/aromatic N) is 1. The smallest absolute Gasteiger partial charge is 0.119 e. The van der Waals surface area contributed by atoms with E-state index >= 15 is 0 Å². The van der Waals surface area contributed by atoms with Crippen LogP contribution >= 0.6 is 0 Å². The normalized spacial score (nSPS) is 10.8. The molecule has 0 N–H and O–H groups in total. The Morgan fingerprint density at radius 3 is 1.35 bits per heavy atom. The fraction of sp³-hybridized carbons (Fsp3) is 0.0345. The van der Waals surface area contributed by atoms with Crippen molar-refractivity contribution in [2.24, 2.45) is 0 Å². The standard InChI is InChI=1S/C58H45NO/c1-60-54-34-32-53(33-35-54)59(52-30-27-44(28-31-52)40-56(47-19-9-3-10-20-47)48-21-11-4-12-22-48)58-42-46(41-57(49-23-13-5-14-24-49)50-25-15-6-16-26-50)39-51-38-45(29-36-55(51)58)37-43-17-7-2-8-18-43/h2-36,38-42H,37H2,1H3. The van der Waals surface area contributed by atoms with Gasteiger partial charge in [0.15, 0.2) is 0 Å². The van der Waals surface area contributed by atoms with E-state index in [-0.39, 0.29) is 0 Å². The topological polar surface area (TPSA) is 12.5 Å². The maximum Gasteiger partial charge on any atom is 0.119 e. The number of hydrogen-bond donors (Lipinski definition) is 0. The van der Waals surface area contributed by atoms with E-state index in [0.717, 1.165) is 40.4 Å². The second kappa shape index (κ2) is 17.9. The van der Waals surface area contributed by atoms with Gasteiger partial charge < -0.3 is 9.64 Å². The Hall–Kier alpha value is -7.68. The van der Waals surface area contributed by atoms with Crippen LogP contribution in [0.25, 0.3) is 34.1 Å². The van der Waals surface area contributed by atoms with Crippen LogP contribution in [-0.2, 0) is 6.42 Å². The predicted molar refractivity (Wildman–Crippen MR) is 254 cm³/mol. The average Bonchev–Trinajstić information content (AvgIpc) is 3.32. The average molecular weight is 772 g/mol. The third-order valence-electron chi connectivity index (χ3n) is 11.0. The highest BCUT2D eigenvalue weighted by atomic mass is 16.5. The maximum atomic E-state index is 5.63. The van der Waals surface area contributed by atoms with Crippen molar-refractivity contribution in [1.29, 1.82) is 0 Å². The number of methoxy groups -OCH3 is 1. The minimum absolute atomic E-state index is 0.816. The minimum atomic E-state index is 0.816. The molecule has 0 saturated carbocycles. The van der Waals surface area contributed by atoms with Crippen molar-refractivity contribution >= 4 is 51.1 Å². The molecular weight excluding hydrogens is 727 g/mol. The van der Waals surface area contributed by atoms with Gasteiger partial charge in [0.25, 0.3) is 0 Å². The van der Waals surface area contributed by atoms with Crippen molar-refractivity contribution in [2.45, 2.75) is 6.42 Å². The molecule has 0 aliphatic heterocycles. The fourth-order valence-corrected chi connectivity index (χ4v) is 7.98. The van der Waals surface area contributed by atoms with E-state index in [9.17, 15) is 0 Å². The number of benzene rings is 9. The molecule has 0 fully saturated rings. The van der Waals surface area contributed by atoms with Crippen molar-refractivity contribution in [1.82, 2.24) is 0 Å². The first-order valence-electron chi connectivity index (χ1n) is 20.5. The Bertz CT molecular complexity index is 2780. The van der Waals surface area contributed by atoms with Gasteiger partial charge in [-0.2, -0.15) is 0 Å². The van der Waals surface area contributed by atoms with Crippen molar-refractivity contribution < 1.29 is 4.74 Å². The Kier molecular flexibility index (Phi) is 11.3. The summed E-state index contributed by atoms with van der Waals surface area (Å²) in [6.45, 7) is 0. The summed E-state index contributed by atoms with van der Waals surface area (Å²) in [4.78, 5) is 2.38. The molecule has 9 aromatic carbocycles. The molecule has 0 aliphatic rings. The summed E-state index contributed by atoms with van der Waals surface area (Å²) >= 11 is 0. The largest absolute Gasteiger partial charge is 0.497 e. The first-order valence-corrected chi connectivity index (χ1v) is 20.5. The molecule has 60 heavy (non-hydrogen) atoms. The summed E-state index contributed by atoms with van der Waals surface area (Å²) < 4.78 is 5.63. The molecule has 0 spiro atoms. The lowest BCUT2D eigenvalue weighted by molar-refractivity contribution is 0.415. The lowest BCUT2D eigenvalue weighted by atomic mass is 9.93. The molecule has 288 valence electrons. The second-order valence-electron chi connectivity index (χ2n) is 15.0. The molecule has 9 rings (SSSR count). The highest BCUT2D eigenvalue weighted by molar-refractivity contribution is 6.03. The molecular formula is C58H45NO. The Morgan fingerprint density at radius 1 is 0.417 bits per heavy atom. The monoisotopic (exact) mass is 771 g/mol. The van der Waals surface area contributed by atoms with Crippen LogP contribution in [0.2, 0.25) is 0 Å². The van der Waals surface area contributed by atoms with Gasteiger partial charge in [-0.05, 0) is 128 Å². The third-order valence-corrected chi connectivity index (χ3v) is 11.0. The predicted octanol–water partition coefficient (Wildman–Crippen LogP) is 15.1. The molecule has 2 heteroatoms. The van der Waals surface area contributed by atoms with E-state index in [1.54, 1.807) is 7.11 Å². The summed E-state index contributed by atoms with van der Waals surface area (Å²) in [5, 5.41) is 2.35. The van der Waals surface area contributed by atoms with Gasteiger partial charge in [-0.1, -0.05) is 182 Å². The molecule has 0 saturated heterocycles. The summed E-state index contributed by atoms with van der Waals surface area (Å²) in [5.41, 5.74) is 15.0. The van der Waals surface area contributed by atoms with Crippen molar-refractivity contribution in [2.75, 3.05) is 12.0 Å². The lowest BCUT2D eigenvalue weighted by Crippen LogP contribution is -2.11. The molecule has 0 bridgehead atoms. The third kappa shape index (κ3) is 8.60. The summed E-state index contributed by atoms with van der Waals surface area (Å²) in [7, 11) is 1.71. The lowest BCUT2D eigenvalue weighted by Gasteiger charge is -2.28. The zero-order chi connectivity index (χ0) is 40.5. The van der Waals surface area contributed by atoms with Crippen molar-refractivity contribution in [3.8, 4) is 5.75 Å². The van der Waals surface area contributed by atoms with Crippen LogP contribution < -0.4 is 9.64 Å². The van der Waals surface area contributed by atoms with Crippen LogP contribution in [0.1, 0.15) is 44.5 Å². The Labute approximate surface area is 353 Å². The highest BCUT2D eigenvalue weighted by Crippen LogP contribution is 2.42. The molecule has 0 amide bonds. The van der Waals surface area contributed by atoms with Crippen LogP contribution in [0.3, 0.4) is 0 Å². The van der Waals surface area contributed by atoms with Gasteiger partial charge in [-0.15, -0.1) is 0 Å². The zero-order valence-corrected chi connectivity index (χ0v) is 33.7. The number of rotatable bonds is 12. The molecule has 2 nitrogen and oxygen atoms in total. The van der Waals surface area contributed by atoms with Crippen molar-refractivity contribution in [3.63, 3.8) is 0 Å². The number of fused-ring (bicyclic) bond motifs is 1. The molecule has 0 unspecified atom stereocenters. The van der Waals surface area contributed by atoms with Crippen molar-refractivity contribution in [3.05, 3.63) is 275 Å². The number of ether oxygens (including phenoxy) is 1. The van der Waals surface area contributed by atoms with Crippen LogP contribution in [0, 0.1) is 0 Å². The Balaban J connectivity index is 1.23. The number of hydrogen-bond acceptors (Lipinski definition) is 2. The first-order chi connectivity index (χ1) is 29.7. The van der Waals surface area contributed by atoms with Crippen LogP contribution in [-0.4, -0.2) is 7.11 Å². The van der Waals surface area contributed by atoms with Gasteiger partial charge >= 0.3 is 0 Å². The van der Waals surface area contributed by atoms with Gasteiger partial charge in [0, 0.05) is 16.8 Å². The summed E-state index contributed by atoms with van der Waals surface area (Å²) in [5.74, 6) is 0.816. The molecule has 0 atom stereocenters. The van der Waals surface area contributed by atoms with Gasteiger partial charge in [-0.25, -0.2) is 0 Å². The molecule has 0 aliphatic carbocycles. The van der Waals surface area contributed by atoms with E-state index < -0.39 is 0 Å². The van der Waals surface area contributed by atoms with Crippen LogP contribution in [0.4, 0.5) is 17.1 Å². The van der Waals surface area contributed by atoms with E-state index in [1.165, 1.54) is 55.3 Å². The molecule has 0 heterocycles. The first kappa shape index (κ1) is 37.9. The second-order valence-corrected chi connectivity index (χ2v) is 15.0. The molecule has 0 aromatic heterocycles. The van der Waals surface area contributed by atoms with Gasteiger partial charge in [0.05, 0.1) is 12.8 Å². The van der Waals surface area contributed by atoms with Gasteiger partial charge in [0.2, 0.25) is 0 Å². The van der Waals surface area contributed by atoms with E-state index in [0.29, 0.717) is 0 Å². The quantitative estimate of drug-likeness (QED) is 0.115.